The van der Waals surface area contributed by atoms with E-state index in [4.69, 9.17) is 17.0 Å². The number of thiocarbonyl (C=S) groups is 1. The first-order valence-corrected chi connectivity index (χ1v) is 11.3. The molecule has 0 radical (unpaired) electrons. The molecule has 2 N–H and O–H groups in total. The fourth-order valence-electron chi connectivity index (χ4n) is 3.50. The number of anilines is 2. The van der Waals surface area contributed by atoms with Gasteiger partial charge in [-0.05, 0) is 55.0 Å². The summed E-state index contributed by atoms with van der Waals surface area (Å²) in [5.41, 5.74) is 3.90. The molecule has 174 valence electrons. The fraction of sp³-hybridized carbons (Fsp3) is 0.333. The highest BCUT2D eigenvalue weighted by molar-refractivity contribution is 7.80. The van der Waals surface area contributed by atoms with Crippen LogP contribution in [0.25, 0.3) is 0 Å². The maximum Gasteiger partial charge on any atom is 0.258 e. The number of benzene rings is 2. The summed E-state index contributed by atoms with van der Waals surface area (Å²) in [6, 6.07) is 14.9. The van der Waals surface area contributed by atoms with E-state index in [9.17, 15) is 14.4 Å². The monoisotopic (exact) mass is 468 g/mol. The molecule has 0 aliphatic carbocycles. The Kier molecular flexibility index (Phi) is 8.37. The standard InChI is InChI=1S/C24H28N4O4S/c1-3-4-6-11-21(29)26-28-20(16-22(30)25-17-9-7-5-8-10-17)23(31)27(24(28)33)18-12-14-19(32-2)15-13-18/h5,7-10,12-15,20H,3-4,6,11,16H2,1-2H3,(H,25,30)(H,26,29)/t20-/m0/s1. The molecule has 1 aliphatic rings. The third-order valence-corrected chi connectivity index (χ3v) is 5.61. The Hall–Kier alpha value is -3.46. The van der Waals surface area contributed by atoms with Gasteiger partial charge in [0, 0.05) is 12.1 Å². The number of para-hydroxylation sites is 1. The van der Waals surface area contributed by atoms with Gasteiger partial charge in [-0.25, -0.2) is 5.01 Å². The second-order valence-electron chi connectivity index (χ2n) is 7.65. The van der Waals surface area contributed by atoms with Crippen molar-refractivity contribution in [2.45, 2.75) is 45.1 Å². The molecule has 0 spiro atoms. The number of carbonyl (C=O) groups excluding carboxylic acids is 3. The summed E-state index contributed by atoms with van der Waals surface area (Å²) in [7, 11) is 1.55. The van der Waals surface area contributed by atoms with Crippen molar-refractivity contribution < 1.29 is 19.1 Å². The molecule has 9 heteroatoms. The van der Waals surface area contributed by atoms with Gasteiger partial charge >= 0.3 is 0 Å². The van der Waals surface area contributed by atoms with E-state index in [-0.39, 0.29) is 29.3 Å². The van der Waals surface area contributed by atoms with Crippen molar-refractivity contribution in [1.82, 2.24) is 10.4 Å². The lowest BCUT2D eigenvalue weighted by molar-refractivity contribution is -0.129. The van der Waals surface area contributed by atoms with Crippen molar-refractivity contribution in [2.75, 3.05) is 17.3 Å². The van der Waals surface area contributed by atoms with Gasteiger partial charge in [-0.1, -0.05) is 38.0 Å². The van der Waals surface area contributed by atoms with E-state index in [1.54, 1.807) is 55.6 Å². The average Bonchev–Trinajstić information content (AvgIpc) is 3.04. The number of amides is 3. The molecule has 0 bridgehead atoms. The Bertz CT molecular complexity index is 997. The average molecular weight is 469 g/mol. The third-order valence-electron chi connectivity index (χ3n) is 5.23. The molecule has 33 heavy (non-hydrogen) atoms. The molecular formula is C24H28N4O4S. The summed E-state index contributed by atoms with van der Waals surface area (Å²) in [5, 5.41) is 4.23. The predicted octanol–water partition coefficient (Wildman–Crippen LogP) is 3.64. The Morgan fingerprint density at radius 3 is 2.36 bits per heavy atom. The number of nitrogens with zero attached hydrogens (tertiary/aromatic N) is 2. The summed E-state index contributed by atoms with van der Waals surface area (Å²) in [4.78, 5) is 39.9. The van der Waals surface area contributed by atoms with Crippen LogP contribution < -0.4 is 20.4 Å². The van der Waals surface area contributed by atoms with Crippen LogP contribution in [0.15, 0.2) is 54.6 Å². The molecule has 2 aromatic rings. The highest BCUT2D eigenvalue weighted by Crippen LogP contribution is 2.28. The maximum absolute atomic E-state index is 13.3. The van der Waals surface area contributed by atoms with Crippen LogP contribution in [0.4, 0.5) is 11.4 Å². The minimum absolute atomic E-state index is 0.117. The van der Waals surface area contributed by atoms with Gasteiger partial charge in [0.05, 0.1) is 19.2 Å². The molecule has 3 amide bonds. The molecular weight excluding hydrogens is 440 g/mol. The summed E-state index contributed by atoms with van der Waals surface area (Å²) < 4.78 is 5.18. The molecule has 8 nitrogen and oxygen atoms in total. The lowest BCUT2D eigenvalue weighted by Crippen LogP contribution is -2.49. The Morgan fingerprint density at radius 1 is 1.03 bits per heavy atom. The number of hydrogen-bond acceptors (Lipinski definition) is 5. The first-order chi connectivity index (χ1) is 15.9. The Morgan fingerprint density at radius 2 is 1.73 bits per heavy atom. The van der Waals surface area contributed by atoms with E-state index in [0.717, 1.165) is 19.3 Å². The number of rotatable bonds is 10. The van der Waals surface area contributed by atoms with Crippen LogP contribution in [0.1, 0.15) is 39.0 Å². The van der Waals surface area contributed by atoms with Crippen LogP contribution in [0.3, 0.4) is 0 Å². The second-order valence-corrected chi connectivity index (χ2v) is 8.02. The van der Waals surface area contributed by atoms with Crippen LogP contribution in [-0.4, -0.2) is 41.0 Å². The number of hydrogen-bond donors (Lipinski definition) is 2. The fourth-order valence-corrected chi connectivity index (χ4v) is 3.87. The zero-order chi connectivity index (χ0) is 23.8. The molecule has 0 aromatic heterocycles. The largest absolute Gasteiger partial charge is 0.497 e. The highest BCUT2D eigenvalue weighted by Gasteiger charge is 2.45. The van der Waals surface area contributed by atoms with Gasteiger partial charge in [-0.2, -0.15) is 0 Å². The smallest absolute Gasteiger partial charge is 0.258 e. The van der Waals surface area contributed by atoms with Crippen LogP contribution in [-0.2, 0) is 14.4 Å². The van der Waals surface area contributed by atoms with E-state index in [1.165, 1.54) is 9.91 Å². The van der Waals surface area contributed by atoms with Gasteiger partial charge in [-0.15, -0.1) is 0 Å². The van der Waals surface area contributed by atoms with E-state index in [0.29, 0.717) is 23.5 Å². The molecule has 1 aliphatic heterocycles. The maximum atomic E-state index is 13.3. The van der Waals surface area contributed by atoms with E-state index in [2.05, 4.69) is 17.7 Å². The number of hydrazine groups is 1. The molecule has 3 rings (SSSR count). The van der Waals surface area contributed by atoms with Gasteiger partial charge in [0.25, 0.3) is 5.91 Å². The van der Waals surface area contributed by atoms with Crippen molar-refractivity contribution in [3.05, 3.63) is 54.6 Å². The minimum atomic E-state index is -0.960. The first-order valence-electron chi connectivity index (χ1n) is 10.9. The zero-order valence-electron chi connectivity index (χ0n) is 18.7. The van der Waals surface area contributed by atoms with Gasteiger partial charge in [0.1, 0.15) is 11.8 Å². The first kappa shape index (κ1) is 24.2. The summed E-state index contributed by atoms with van der Waals surface area (Å²) in [5.74, 6) is -0.355. The van der Waals surface area contributed by atoms with Crippen molar-refractivity contribution >= 4 is 46.4 Å². The Balaban J connectivity index is 1.80. The molecule has 1 fully saturated rings. The van der Waals surface area contributed by atoms with Gasteiger partial charge < -0.3 is 10.1 Å². The molecule has 0 unspecified atom stereocenters. The molecule has 1 heterocycles. The van der Waals surface area contributed by atoms with Gasteiger partial charge in [0.15, 0.2) is 0 Å². The Labute approximate surface area is 198 Å². The van der Waals surface area contributed by atoms with Crippen molar-refractivity contribution in [1.29, 1.82) is 0 Å². The quantitative estimate of drug-likeness (QED) is 0.409. The summed E-state index contributed by atoms with van der Waals surface area (Å²) >= 11 is 5.55. The molecule has 0 saturated carbocycles. The van der Waals surface area contributed by atoms with E-state index in [1.807, 2.05) is 6.07 Å². The van der Waals surface area contributed by atoms with Crippen LogP contribution in [0.2, 0.25) is 0 Å². The summed E-state index contributed by atoms with van der Waals surface area (Å²) in [6.07, 6.45) is 2.79. The van der Waals surface area contributed by atoms with Crippen LogP contribution in [0.5, 0.6) is 5.75 Å². The van der Waals surface area contributed by atoms with Crippen LogP contribution >= 0.6 is 12.2 Å². The van der Waals surface area contributed by atoms with Crippen molar-refractivity contribution in [3.63, 3.8) is 0 Å². The summed E-state index contributed by atoms with van der Waals surface area (Å²) in [6.45, 7) is 2.06. The normalized spacial score (nSPS) is 15.5. The third kappa shape index (κ3) is 6.07. The highest BCUT2D eigenvalue weighted by atomic mass is 32.1. The number of nitrogens with one attached hydrogen (secondary N) is 2. The SMILES string of the molecule is CCCCCC(=O)NN1C(=S)N(c2ccc(OC)cc2)C(=O)[C@@H]1CC(=O)Nc1ccccc1. The molecule has 2 aromatic carbocycles. The lowest BCUT2D eigenvalue weighted by Gasteiger charge is -2.24. The van der Waals surface area contributed by atoms with Gasteiger partial charge in [0.2, 0.25) is 16.9 Å². The van der Waals surface area contributed by atoms with Crippen LogP contribution in [0, 0.1) is 0 Å². The second kappa shape index (κ2) is 11.4. The van der Waals surface area contributed by atoms with Crippen molar-refractivity contribution in [2.24, 2.45) is 0 Å². The zero-order valence-corrected chi connectivity index (χ0v) is 19.6. The minimum Gasteiger partial charge on any atom is -0.497 e. The van der Waals surface area contributed by atoms with E-state index < -0.39 is 6.04 Å². The number of unbranched alkanes of at least 4 members (excludes halogenated alkanes) is 2. The van der Waals surface area contributed by atoms with E-state index >= 15 is 0 Å². The predicted molar refractivity (Wildman–Crippen MR) is 131 cm³/mol. The number of methoxy groups -OCH3 is 1. The van der Waals surface area contributed by atoms with Gasteiger partial charge in [-0.3, -0.25) is 24.7 Å². The topological polar surface area (TPSA) is 91.0 Å². The van der Waals surface area contributed by atoms with Crippen molar-refractivity contribution in [3.8, 4) is 5.75 Å². The lowest BCUT2D eigenvalue weighted by atomic mass is 10.1. The number of carbonyl (C=O) groups is 3. The number of ether oxygens (including phenoxy) is 1. The molecule has 1 saturated heterocycles. The molecule has 1 atom stereocenters.